The van der Waals surface area contributed by atoms with Gasteiger partial charge in [-0.05, 0) is 69.1 Å². The zero-order valence-electron chi connectivity index (χ0n) is 18.5. The summed E-state index contributed by atoms with van der Waals surface area (Å²) in [5.41, 5.74) is 4.03. The molecule has 6 rings (SSSR count). The molecule has 168 valence electrons. The molecule has 2 saturated heterocycles. The number of benzene rings is 2. The third-order valence-electron chi connectivity index (χ3n) is 6.99. The van der Waals surface area contributed by atoms with Gasteiger partial charge in [0.05, 0.1) is 17.4 Å². The molecule has 2 aromatic heterocycles. The van der Waals surface area contributed by atoms with Crippen LogP contribution in [0.5, 0.6) is 0 Å². The number of carbonyl (C=O) groups excluding carboxylic acids is 1. The summed E-state index contributed by atoms with van der Waals surface area (Å²) in [4.78, 5) is 17.6. The predicted octanol–water partition coefficient (Wildman–Crippen LogP) is 3.51. The van der Waals surface area contributed by atoms with Gasteiger partial charge in [0.25, 0.3) is 5.91 Å². The summed E-state index contributed by atoms with van der Waals surface area (Å²) in [7, 11) is 0. The van der Waals surface area contributed by atoms with Gasteiger partial charge in [-0.15, -0.1) is 5.10 Å². The monoisotopic (exact) mass is 441 g/mol. The van der Waals surface area contributed by atoms with E-state index in [1.165, 1.54) is 25.9 Å². The minimum atomic E-state index is 0.115. The SMILES string of the molecule is O=C(c1ccc(-n2cc(-c3n[nH]c4ccccc34)nn2)cc1)N1CCC(N2CCCC2)CC1. The summed E-state index contributed by atoms with van der Waals surface area (Å²) in [6.45, 7) is 4.12. The van der Waals surface area contributed by atoms with E-state index in [0.29, 0.717) is 11.7 Å². The summed E-state index contributed by atoms with van der Waals surface area (Å²) in [5.74, 6) is 0.115. The lowest BCUT2D eigenvalue weighted by Gasteiger charge is -2.36. The summed E-state index contributed by atoms with van der Waals surface area (Å²) >= 11 is 0. The molecule has 0 spiro atoms. The Balaban J connectivity index is 1.14. The van der Waals surface area contributed by atoms with E-state index in [2.05, 4.69) is 25.4 Å². The first-order chi connectivity index (χ1) is 16.3. The number of amides is 1. The molecule has 2 aliphatic heterocycles. The standard InChI is InChI=1S/C25H27N7O/c33-25(31-15-11-19(12-16-31)30-13-3-4-14-30)18-7-9-20(10-8-18)32-17-23(27-29-32)24-21-5-1-2-6-22(21)26-28-24/h1-2,5-10,17,19H,3-4,11-16H2,(H,26,28). The number of nitrogens with one attached hydrogen (secondary N) is 1. The number of aromatic amines is 1. The second-order valence-corrected chi connectivity index (χ2v) is 8.98. The molecule has 2 aromatic carbocycles. The van der Waals surface area contributed by atoms with Crippen molar-refractivity contribution < 1.29 is 4.79 Å². The third-order valence-corrected chi connectivity index (χ3v) is 6.99. The first kappa shape index (κ1) is 20.1. The molecule has 0 saturated carbocycles. The van der Waals surface area contributed by atoms with Gasteiger partial charge in [-0.2, -0.15) is 5.10 Å². The Labute approximate surface area is 192 Å². The van der Waals surface area contributed by atoms with Crippen LogP contribution < -0.4 is 0 Å². The normalized spacial score (nSPS) is 17.8. The quantitative estimate of drug-likeness (QED) is 0.524. The molecule has 4 heterocycles. The van der Waals surface area contributed by atoms with Gasteiger partial charge < -0.3 is 9.80 Å². The van der Waals surface area contributed by atoms with Crippen molar-refractivity contribution in [2.24, 2.45) is 0 Å². The number of aromatic nitrogens is 5. The number of hydrogen-bond donors (Lipinski definition) is 1. The number of nitrogens with zero attached hydrogens (tertiary/aromatic N) is 6. The maximum atomic E-state index is 13.0. The average Bonchev–Trinajstić information content (AvgIpc) is 3.64. The van der Waals surface area contributed by atoms with Gasteiger partial charge in [-0.3, -0.25) is 9.89 Å². The number of hydrogen-bond acceptors (Lipinski definition) is 5. The van der Waals surface area contributed by atoms with Crippen molar-refractivity contribution in [1.82, 2.24) is 35.0 Å². The Morgan fingerprint density at radius 3 is 2.48 bits per heavy atom. The van der Waals surface area contributed by atoms with Crippen LogP contribution >= 0.6 is 0 Å². The lowest BCUT2D eigenvalue weighted by molar-refractivity contribution is 0.0644. The fourth-order valence-corrected chi connectivity index (χ4v) is 5.14. The van der Waals surface area contributed by atoms with Crippen LogP contribution in [0.4, 0.5) is 0 Å². The molecule has 2 fully saturated rings. The van der Waals surface area contributed by atoms with Crippen LogP contribution in [0.3, 0.4) is 0 Å². The maximum Gasteiger partial charge on any atom is 0.253 e. The molecule has 0 radical (unpaired) electrons. The Morgan fingerprint density at radius 2 is 1.70 bits per heavy atom. The van der Waals surface area contributed by atoms with Gasteiger partial charge in [0.15, 0.2) is 0 Å². The lowest BCUT2D eigenvalue weighted by atomic mass is 10.0. The first-order valence-electron chi connectivity index (χ1n) is 11.8. The zero-order valence-corrected chi connectivity index (χ0v) is 18.5. The van der Waals surface area contributed by atoms with Gasteiger partial charge >= 0.3 is 0 Å². The number of carbonyl (C=O) groups is 1. The fourth-order valence-electron chi connectivity index (χ4n) is 5.14. The van der Waals surface area contributed by atoms with E-state index >= 15 is 0 Å². The molecular weight excluding hydrogens is 414 g/mol. The third kappa shape index (κ3) is 3.80. The van der Waals surface area contributed by atoms with E-state index in [0.717, 1.165) is 53.8 Å². The van der Waals surface area contributed by atoms with Crippen molar-refractivity contribution in [3.05, 3.63) is 60.3 Å². The molecule has 8 nitrogen and oxygen atoms in total. The highest BCUT2D eigenvalue weighted by atomic mass is 16.2. The molecular formula is C25H27N7O. The highest BCUT2D eigenvalue weighted by Crippen LogP contribution is 2.25. The van der Waals surface area contributed by atoms with Gasteiger partial charge in [-0.1, -0.05) is 23.4 Å². The minimum absolute atomic E-state index is 0.115. The van der Waals surface area contributed by atoms with Crippen LogP contribution in [0.25, 0.3) is 28.0 Å². The molecule has 33 heavy (non-hydrogen) atoms. The molecule has 8 heteroatoms. The molecule has 0 aliphatic carbocycles. The number of likely N-dealkylation sites (tertiary alicyclic amines) is 2. The molecule has 4 aromatic rings. The topological polar surface area (TPSA) is 82.9 Å². The largest absolute Gasteiger partial charge is 0.339 e. The van der Waals surface area contributed by atoms with Crippen LogP contribution in [0.2, 0.25) is 0 Å². The Kier molecular flexibility index (Phi) is 5.14. The van der Waals surface area contributed by atoms with Gasteiger partial charge in [-0.25, -0.2) is 4.68 Å². The van der Waals surface area contributed by atoms with Crippen LogP contribution in [-0.4, -0.2) is 73.1 Å². The van der Waals surface area contributed by atoms with E-state index < -0.39 is 0 Å². The number of piperidine rings is 1. The number of rotatable bonds is 4. The summed E-state index contributed by atoms with van der Waals surface area (Å²) in [6.07, 6.45) is 6.65. The molecule has 0 unspecified atom stereocenters. The smallest absolute Gasteiger partial charge is 0.253 e. The van der Waals surface area contributed by atoms with Crippen LogP contribution in [0, 0.1) is 0 Å². The second-order valence-electron chi connectivity index (χ2n) is 8.98. The average molecular weight is 442 g/mol. The maximum absolute atomic E-state index is 13.0. The number of H-pyrrole nitrogens is 1. The molecule has 2 aliphatic rings. The molecule has 1 N–H and O–H groups in total. The van der Waals surface area contributed by atoms with Crippen molar-refractivity contribution in [2.75, 3.05) is 26.2 Å². The van der Waals surface area contributed by atoms with Crippen molar-refractivity contribution in [2.45, 2.75) is 31.7 Å². The van der Waals surface area contributed by atoms with Crippen molar-refractivity contribution in [3.63, 3.8) is 0 Å². The van der Waals surface area contributed by atoms with Crippen LogP contribution in [-0.2, 0) is 0 Å². The Morgan fingerprint density at radius 1 is 0.939 bits per heavy atom. The minimum Gasteiger partial charge on any atom is -0.339 e. The molecule has 1 amide bonds. The lowest BCUT2D eigenvalue weighted by Crippen LogP contribution is -2.45. The Hall–Kier alpha value is -3.52. The van der Waals surface area contributed by atoms with E-state index in [1.54, 1.807) is 4.68 Å². The Bertz CT molecular complexity index is 1260. The fraction of sp³-hybridized carbons (Fsp3) is 0.360. The molecule has 0 bridgehead atoms. The first-order valence-corrected chi connectivity index (χ1v) is 11.8. The predicted molar refractivity (Wildman–Crippen MR) is 126 cm³/mol. The van der Waals surface area contributed by atoms with Crippen LogP contribution in [0.1, 0.15) is 36.0 Å². The van der Waals surface area contributed by atoms with Gasteiger partial charge in [0.2, 0.25) is 0 Å². The second kappa shape index (κ2) is 8.44. The number of para-hydroxylation sites is 1. The summed E-state index contributed by atoms with van der Waals surface area (Å²) < 4.78 is 1.72. The summed E-state index contributed by atoms with van der Waals surface area (Å²) in [5, 5.41) is 17.0. The van der Waals surface area contributed by atoms with Crippen LogP contribution in [0.15, 0.2) is 54.7 Å². The van der Waals surface area contributed by atoms with Gasteiger partial charge in [0, 0.05) is 30.1 Å². The van der Waals surface area contributed by atoms with Crippen molar-refractivity contribution >= 4 is 16.8 Å². The van der Waals surface area contributed by atoms with E-state index in [4.69, 9.17) is 0 Å². The van der Waals surface area contributed by atoms with Crippen molar-refractivity contribution in [3.8, 4) is 17.1 Å². The highest BCUT2D eigenvalue weighted by molar-refractivity contribution is 5.94. The van der Waals surface area contributed by atoms with Gasteiger partial charge in [0.1, 0.15) is 11.4 Å². The van der Waals surface area contributed by atoms with E-state index in [9.17, 15) is 4.79 Å². The van der Waals surface area contributed by atoms with E-state index in [-0.39, 0.29) is 5.91 Å². The zero-order chi connectivity index (χ0) is 22.2. The highest BCUT2D eigenvalue weighted by Gasteiger charge is 2.28. The van der Waals surface area contributed by atoms with Crippen molar-refractivity contribution in [1.29, 1.82) is 0 Å². The number of fused-ring (bicyclic) bond motifs is 1. The van der Waals surface area contributed by atoms with E-state index in [1.807, 2.05) is 59.6 Å². The molecule has 0 atom stereocenters. The summed E-state index contributed by atoms with van der Waals surface area (Å²) in [6, 6.07) is 16.2.